The molecule has 4 aliphatic rings. The van der Waals surface area contributed by atoms with Crippen molar-refractivity contribution in [2.75, 3.05) is 0 Å². The Morgan fingerprint density at radius 3 is 0.690 bits per heavy atom. The maximum Gasteiger partial charge on any atom is 2.00 e. The van der Waals surface area contributed by atoms with Gasteiger partial charge in [-0.2, -0.15) is 0 Å². The average Bonchev–Trinajstić information content (AvgIpc) is 1.14. The number of hydrogen-bond donors (Lipinski definition) is 0. The van der Waals surface area contributed by atoms with Gasteiger partial charge in [0.2, 0.25) is 0 Å². The second kappa shape index (κ2) is 30.2. The van der Waals surface area contributed by atoms with E-state index in [9.17, 15) is 20.2 Å². The molecule has 6 aromatic heterocycles. The normalized spacial score (nSPS) is 13.1. The summed E-state index contributed by atoms with van der Waals surface area (Å²) in [5.41, 5.74) is 20.6. The van der Waals surface area contributed by atoms with E-state index in [0.717, 1.165) is 89.0 Å². The summed E-state index contributed by atoms with van der Waals surface area (Å²) in [4.78, 5) is 69.2. The molecule has 0 amide bonds. The van der Waals surface area contributed by atoms with Crippen molar-refractivity contribution in [2.45, 2.75) is 209 Å². The number of rotatable bonds is 6. The Kier molecular flexibility index (Phi) is 22.0. The zero-order valence-corrected chi connectivity index (χ0v) is 72.9. The molecule has 4 aromatic carbocycles. The molecule has 594 valence electrons. The van der Waals surface area contributed by atoms with Gasteiger partial charge in [0.25, 0.3) is 11.4 Å². The third-order valence-electron chi connectivity index (χ3n) is 21.8. The van der Waals surface area contributed by atoms with E-state index in [1.54, 1.807) is 36.4 Å². The molecule has 116 heavy (non-hydrogen) atoms. The average molecular weight is 1620 g/mol. The van der Waals surface area contributed by atoms with Gasteiger partial charge in [-0.15, -0.1) is 33.1 Å². The van der Waals surface area contributed by atoms with Gasteiger partial charge in [0.05, 0.1) is 44.0 Å². The Morgan fingerprint density at radius 1 is 0.259 bits per heavy atom. The van der Waals surface area contributed by atoms with Gasteiger partial charge in [-0.05, 0) is 193 Å². The molecule has 14 rings (SSSR count). The summed E-state index contributed by atoms with van der Waals surface area (Å²) in [6.07, 6.45) is 14.8. The summed E-state index contributed by atoms with van der Waals surface area (Å²) in [6, 6.07) is 41.8. The third-order valence-corrected chi connectivity index (χ3v) is 21.8. The van der Waals surface area contributed by atoms with Crippen LogP contribution in [0, 0.1) is 43.9 Å². The smallest absolute Gasteiger partial charge is 0.657 e. The first-order chi connectivity index (χ1) is 53.1. The van der Waals surface area contributed by atoms with Crippen LogP contribution in [-0.2, 0) is 76.3 Å². The van der Waals surface area contributed by atoms with E-state index in [4.69, 9.17) is 39.9 Å². The van der Waals surface area contributed by atoms with Crippen LogP contribution in [0.5, 0.6) is 0 Å². The van der Waals surface area contributed by atoms with Gasteiger partial charge in [0.15, 0.2) is 0 Å². The Balaban J connectivity index is 0.00000620. The zero-order valence-electron chi connectivity index (χ0n) is 70.9. The van der Waals surface area contributed by atoms with Crippen molar-refractivity contribution in [1.82, 2.24) is 39.9 Å². The van der Waals surface area contributed by atoms with Gasteiger partial charge in [-0.25, -0.2) is 19.9 Å². The molecule has 0 saturated carbocycles. The second-order valence-corrected chi connectivity index (χ2v) is 38.9. The molecular formula is C100H100N10Ni2O4. The van der Waals surface area contributed by atoms with Crippen LogP contribution in [0.25, 0.3) is 137 Å². The quantitative estimate of drug-likeness (QED) is 0.0662. The van der Waals surface area contributed by atoms with E-state index < -0.39 is 9.85 Å². The molecule has 0 unspecified atom stereocenters. The molecular weight excluding hydrogens is 1520 g/mol. The van der Waals surface area contributed by atoms with Crippen molar-refractivity contribution in [3.8, 4) is 68.2 Å². The molecule has 10 aromatic rings. The molecule has 4 aliphatic heterocycles. The fourth-order valence-electron chi connectivity index (χ4n) is 14.7. The number of aromatic nitrogens is 8. The van der Waals surface area contributed by atoms with Crippen LogP contribution < -0.4 is 19.9 Å². The largest absolute Gasteiger partial charge is 2.00 e. The minimum atomic E-state index is -0.435. The number of nitrogens with zero attached hydrogens (tertiary/aromatic N) is 10. The SMILES string of the molecule is CC(C)(C)c1cc(-c2c3nc(c(-c4cc(C(C)(C)C)cc(C(C)(C)C)c4)c4ccc([n-]4)c([N+](=O)[O-])c4nc(c(C#CC#Cc5c6nc(c(-c7cc(C(C)(C)C)cc(C(C)(C)C)c7)c7ccc([n-]7)c(-c7cc(C(C)(C)C)cc(C(C)(C)C)c7)c7nc(c([N+](=O)[O-])c8ccc5[n-]8)C=C7)C=C6)c5ccc2[n-]5)C=C4)C=C3)cc(C(C)(C)C)c1.[Ni+2].[Ni+2]. The molecule has 16 bridgehead atoms. The first kappa shape index (κ1) is 84.4. The van der Waals surface area contributed by atoms with Crippen LogP contribution >= 0.6 is 0 Å². The first-order valence-corrected chi connectivity index (χ1v) is 39.2. The molecule has 0 saturated heterocycles. The Hall–Kier alpha value is -11.0. The van der Waals surface area contributed by atoms with Crippen molar-refractivity contribution in [3.63, 3.8) is 0 Å². The van der Waals surface area contributed by atoms with Crippen LogP contribution in [0.2, 0.25) is 0 Å². The number of nitro groups is 2. The van der Waals surface area contributed by atoms with Crippen LogP contribution in [0.3, 0.4) is 0 Å². The number of benzene rings is 4. The molecule has 0 fully saturated rings. The van der Waals surface area contributed by atoms with Gasteiger partial charge in [0, 0.05) is 11.1 Å². The summed E-state index contributed by atoms with van der Waals surface area (Å²) in [7, 11) is 0. The molecule has 16 heteroatoms. The van der Waals surface area contributed by atoms with Gasteiger partial charge in [0.1, 0.15) is 11.4 Å². The molecule has 0 N–H and O–H groups in total. The molecule has 0 atom stereocenters. The Bertz CT molecular complexity index is 6090. The summed E-state index contributed by atoms with van der Waals surface area (Å²) in [6.45, 7) is 53.1. The van der Waals surface area contributed by atoms with Crippen molar-refractivity contribution in [2.24, 2.45) is 0 Å². The number of fused-ring (bicyclic) bond motifs is 16. The van der Waals surface area contributed by atoms with E-state index in [2.05, 4.69) is 263 Å². The second-order valence-electron chi connectivity index (χ2n) is 38.9. The van der Waals surface area contributed by atoms with Crippen molar-refractivity contribution in [1.29, 1.82) is 0 Å². The van der Waals surface area contributed by atoms with E-state index in [-0.39, 0.29) is 110 Å². The van der Waals surface area contributed by atoms with E-state index in [1.807, 2.05) is 60.7 Å². The third kappa shape index (κ3) is 16.9. The molecule has 14 nitrogen and oxygen atoms in total. The Labute approximate surface area is 702 Å². The molecule has 0 aliphatic carbocycles. The first-order valence-electron chi connectivity index (χ1n) is 39.2. The Morgan fingerprint density at radius 2 is 0.440 bits per heavy atom. The predicted octanol–water partition coefficient (Wildman–Crippen LogP) is 24.4. The monoisotopic (exact) mass is 1620 g/mol. The summed E-state index contributed by atoms with van der Waals surface area (Å²) >= 11 is 0. The number of hydrogen-bond acceptors (Lipinski definition) is 8. The van der Waals surface area contributed by atoms with Crippen LogP contribution in [0.15, 0.2) is 121 Å². The summed E-state index contributed by atoms with van der Waals surface area (Å²) in [5.74, 6) is 13.1. The summed E-state index contributed by atoms with van der Waals surface area (Å²) < 4.78 is 0. The van der Waals surface area contributed by atoms with Crippen LogP contribution in [-0.4, -0.2) is 29.8 Å². The maximum atomic E-state index is 13.7. The summed E-state index contributed by atoms with van der Waals surface area (Å²) in [5, 5.41) is 27.4. The zero-order chi connectivity index (χ0) is 82.2. The van der Waals surface area contributed by atoms with Crippen molar-refractivity contribution in [3.05, 3.63) is 243 Å². The van der Waals surface area contributed by atoms with E-state index >= 15 is 0 Å². The predicted molar refractivity (Wildman–Crippen MR) is 472 cm³/mol. The van der Waals surface area contributed by atoms with Crippen LogP contribution in [0.4, 0.5) is 11.4 Å². The van der Waals surface area contributed by atoms with Gasteiger partial charge in [-0.1, -0.05) is 310 Å². The molecule has 10 heterocycles. The fourth-order valence-corrected chi connectivity index (χ4v) is 14.7. The van der Waals surface area contributed by atoms with Crippen molar-refractivity contribution >= 4 is 104 Å². The molecule has 0 radical (unpaired) electrons. The molecule has 0 spiro atoms. The fraction of sp³-hybridized carbons (Fsp3) is 0.320. The van der Waals surface area contributed by atoms with Gasteiger partial charge < -0.3 is 19.9 Å². The van der Waals surface area contributed by atoms with Gasteiger partial charge >= 0.3 is 33.0 Å². The standard InChI is InChI=1S/C100H100N10O4.2Ni/c1-93(2,3)61-45-57(46-62(53-61)94(4,5)6)87-75-33-29-71(101-75)69(73-31-41-83(103-73)91(109(111)112)85-43-39-81(107-85)89(79-37-35-77(87)105-79)59-49-65(97(13,14)15)55-66(50-59)98(16,17)18)27-25-26-28-70-72-30-34-76(102-72)88(58-47-63(95(7,8)9)54-64(48-58)96(10,11)12)78-36-38-80(106-78)90(60-51-67(99(19,20)21)56-68(52-60)100(22,23)24)82-40-44-86(108-82)92(110(113)114)84-42-32-74(70)104-84;;/h29-56H,1-24H3;;/q-4;2*+2. The van der Waals surface area contributed by atoms with Crippen LogP contribution in [0.1, 0.15) is 267 Å². The maximum absolute atomic E-state index is 13.7. The minimum absolute atomic E-state index is 0. The minimum Gasteiger partial charge on any atom is -0.657 e. The van der Waals surface area contributed by atoms with E-state index in [1.165, 1.54) is 0 Å². The topological polar surface area (TPSA) is 194 Å². The van der Waals surface area contributed by atoms with E-state index in [0.29, 0.717) is 78.4 Å². The van der Waals surface area contributed by atoms with Gasteiger partial charge in [-0.3, -0.25) is 20.2 Å². The van der Waals surface area contributed by atoms with Crippen molar-refractivity contribution < 1.29 is 42.8 Å².